The van der Waals surface area contributed by atoms with Gasteiger partial charge in [0.1, 0.15) is 11.6 Å². The Labute approximate surface area is 215 Å². The number of amides is 1. The predicted octanol–water partition coefficient (Wildman–Crippen LogP) is 5.64. The van der Waals surface area contributed by atoms with Crippen LogP contribution in [0, 0.1) is 5.82 Å². The molecule has 0 radical (unpaired) electrons. The number of halogens is 1. The lowest BCUT2D eigenvalue weighted by Gasteiger charge is -2.37. The molecular weight excluding hydrogens is 469 g/mol. The summed E-state index contributed by atoms with van der Waals surface area (Å²) in [5.74, 6) is -0.0761. The van der Waals surface area contributed by atoms with E-state index in [1.54, 1.807) is 5.01 Å². The Kier molecular flexibility index (Phi) is 6.20. The number of fused-ring (bicyclic) bond motifs is 3. The highest BCUT2D eigenvalue weighted by molar-refractivity contribution is 6.04. The van der Waals surface area contributed by atoms with Crippen LogP contribution in [0.3, 0.4) is 0 Å². The molecule has 1 N–H and O–H groups in total. The van der Waals surface area contributed by atoms with Gasteiger partial charge in [0.05, 0.1) is 11.8 Å². The van der Waals surface area contributed by atoms with Crippen molar-refractivity contribution in [2.24, 2.45) is 5.10 Å². The van der Waals surface area contributed by atoms with E-state index in [0.29, 0.717) is 23.3 Å². The van der Waals surface area contributed by atoms with Crippen molar-refractivity contribution < 1.29 is 18.7 Å². The molecule has 7 heteroatoms. The Balaban J connectivity index is 1.25. The molecular formula is C30H28FN3O3. The van der Waals surface area contributed by atoms with Gasteiger partial charge in [-0.25, -0.2) is 9.40 Å². The van der Waals surface area contributed by atoms with Crippen LogP contribution in [0.5, 0.6) is 5.75 Å². The highest BCUT2D eigenvalue weighted by atomic mass is 19.1. The number of nitrogens with zero attached hydrogens (tertiary/aromatic N) is 2. The molecule has 2 atom stereocenters. The number of Topliss-reactive ketones (excluding diaryl/α,β-unsaturated/α-hetero) is 1. The maximum Gasteiger partial charge on any atom is 0.251 e. The quantitative estimate of drug-likeness (QED) is 0.463. The van der Waals surface area contributed by atoms with Crippen LogP contribution in [0.15, 0.2) is 77.9 Å². The summed E-state index contributed by atoms with van der Waals surface area (Å²) in [6, 6.07) is 20.7. The van der Waals surface area contributed by atoms with Crippen LogP contribution in [-0.4, -0.2) is 34.7 Å². The van der Waals surface area contributed by atoms with Crippen LogP contribution < -0.4 is 10.1 Å². The van der Waals surface area contributed by atoms with E-state index < -0.39 is 12.0 Å². The van der Waals surface area contributed by atoms with Crippen molar-refractivity contribution in [2.75, 3.05) is 0 Å². The van der Waals surface area contributed by atoms with Crippen LogP contribution in [0.25, 0.3) is 0 Å². The minimum Gasteiger partial charge on any atom is -0.461 e. The molecule has 3 aromatic carbocycles. The highest BCUT2D eigenvalue weighted by Gasteiger charge is 2.43. The Morgan fingerprint density at radius 2 is 1.59 bits per heavy atom. The molecule has 1 saturated carbocycles. The number of para-hydroxylation sites is 1. The molecule has 3 aromatic rings. The van der Waals surface area contributed by atoms with Crippen molar-refractivity contribution in [2.45, 2.75) is 56.8 Å². The van der Waals surface area contributed by atoms with E-state index in [-0.39, 0.29) is 23.8 Å². The second-order valence-electron chi connectivity index (χ2n) is 9.91. The first-order valence-electron chi connectivity index (χ1n) is 12.9. The molecule has 2 heterocycles. The standard InChI is InChI=1S/C30H28FN3O3/c31-22-16-14-20(15-17-22)28(35)30-34-26(24-8-4-5-9-27(24)37-30)18-25(33-34)19-10-12-21(13-11-19)29(36)32-23-6-2-1-3-7-23/h4-5,8-17,23,26,30H,1-3,6-7,18H2,(H,32,36). The van der Waals surface area contributed by atoms with Gasteiger partial charge < -0.3 is 10.1 Å². The van der Waals surface area contributed by atoms with E-state index in [1.165, 1.54) is 43.5 Å². The predicted molar refractivity (Wildman–Crippen MR) is 138 cm³/mol. The van der Waals surface area contributed by atoms with Crippen molar-refractivity contribution in [3.8, 4) is 5.75 Å². The number of carbonyl (C=O) groups excluding carboxylic acids is 2. The lowest BCUT2D eigenvalue weighted by atomic mass is 9.94. The third-order valence-corrected chi connectivity index (χ3v) is 7.47. The average Bonchev–Trinajstić information content (AvgIpc) is 3.39. The van der Waals surface area contributed by atoms with E-state index in [2.05, 4.69) is 5.32 Å². The van der Waals surface area contributed by atoms with Crippen LogP contribution in [0.4, 0.5) is 4.39 Å². The summed E-state index contributed by atoms with van der Waals surface area (Å²) >= 11 is 0. The molecule has 3 aliphatic rings. The number of hydrogen-bond donors (Lipinski definition) is 1. The Bertz CT molecular complexity index is 1350. The summed E-state index contributed by atoms with van der Waals surface area (Å²) in [6.45, 7) is 0. The molecule has 6 nitrogen and oxygen atoms in total. The molecule has 2 unspecified atom stereocenters. The number of carbonyl (C=O) groups is 2. The number of benzene rings is 3. The first kappa shape index (κ1) is 23.4. The topological polar surface area (TPSA) is 71.0 Å². The first-order valence-corrected chi connectivity index (χ1v) is 12.9. The maximum absolute atomic E-state index is 13.4. The van der Waals surface area contributed by atoms with Crippen molar-refractivity contribution in [3.63, 3.8) is 0 Å². The summed E-state index contributed by atoms with van der Waals surface area (Å²) in [7, 11) is 0. The second kappa shape index (κ2) is 9.81. The third kappa shape index (κ3) is 4.61. The summed E-state index contributed by atoms with van der Waals surface area (Å²) in [5.41, 5.74) is 3.67. The summed E-state index contributed by atoms with van der Waals surface area (Å²) < 4.78 is 19.6. The summed E-state index contributed by atoms with van der Waals surface area (Å²) in [5, 5.41) is 9.70. The zero-order chi connectivity index (χ0) is 25.4. The monoisotopic (exact) mass is 497 g/mol. The van der Waals surface area contributed by atoms with E-state index in [4.69, 9.17) is 9.84 Å². The molecule has 0 spiro atoms. The summed E-state index contributed by atoms with van der Waals surface area (Å²) in [6.07, 6.45) is 5.30. The number of nitrogens with one attached hydrogen (secondary N) is 1. The van der Waals surface area contributed by atoms with Gasteiger partial charge in [-0.3, -0.25) is 9.59 Å². The van der Waals surface area contributed by atoms with Crippen molar-refractivity contribution >= 4 is 17.4 Å². The largest absolute Gasteiger partial charge is 0.461 e. The Morgan fingerprint density at radius 1 is 0.892 bits per heavy atom. The summed E-state index contributed by atoms with van der Waals surface area (Å²) in [4.78, 5) is 26.1. The van der Waals surface area contributed by atoms with Crippen LogP contribution in [0.1, 0.15) is 76.4 Å². The van der Waals surface area contributed by atoms with Crippen LogP contribution in [0.2, 0.25) is 0 Å². The molecule has 1 amide bonds. The molecule has 0 bridgehead atoms. The zero-order valence-corrected chi connectivity index (χ0v) is 20.4. The van der Waals surface area contributed by atoms with Gasteiger partial charge in [-0.2, -0.15) is 5.10 Å². The van der Waals surface area contributed by atoms with Crippen LogP contribution in [-0.2, 0) is 0 Å². The molecule has 2 aliphatic heterocycles. The van der Waals surface area contributed by atoms with Gasteiger partial charge >= 0.3 is 0 Å². The van der Waals surface area contributed by atoms with Crippen molar-refractivity contribution in [3.05, 3.63) is 101 Å². The van der Waals surface area contributed by atoms with Gasteiger partial charge in [0.25, 0.3) is 12.1 Å². The number of hydrazone groups is 1. The minimum atomic E-state index is -0.955. The lowest BCUT2D eigenvalue weighted by Crippen LogP contribution is -2.45. The van der Waals surface area contributed by atoms with Gasteiger partial charge in [-0.1, -0.05) is 49.6 Å². The number of ketones is 1. The third-order valence-electron chi connectivity index (χ3n) is 7.47. The van der Waals surface area contributed by atoms with Crippen molar-refractivity contribution in [1.82, 2.24) is 10.3 Å². The fourth-order valence-electron chi connectivity index (χ4n) is 5.47. The Hall–Kier alpha value is -4.00. The molecule has 0 aromatic heterocycles. The van der Waals surface area contributed by atoms with Crippen LogP contribution >= 0.6 is 0 Å². The average molecular weight is 498 g/mol. The van der Waals surface area contributed by atoms with E-state index >= 15 is 0 Å². The SMILES string of the molecule is O=C(NC1CCCCC1)c1ccc(C2=NN3C(C(=O)c4ccc(F)cc4)Oc4ccccc4C3C2)cc1. The van der Waals surface area contributed by atoms with E-state index in [9.17, 15) is 14.0 Å². The van der Waals surface area contributed by atoms with Gasteiger partial charge in [-0.05, 0) is 60.9 Å². The van der Waals surface area contributed by atoms with E-state index in [1.807, 2.05) is 48.5 Å². The smallest absolute Gasteiger partial charge is 0.251 e. The van der Waals surface area contributed by atoms with Gasteiger partial charge in [-0.15, -0.1) is 0 Å². The maximum atomic E-state index is 13.4. The minimum absolute atomic E-state index is 0.0449. The molecule has 188 valence electrons. The molecule has 37 heavy (non-hydrogen) atoms. The van der Waals surface area contributed by atoms with Gasteiger partial charge in [0.15, 0.2) is 0 Å². The lowest BCUT2D eigenvalue weighted by molar-refractivity contribution is -0.00456. The van der Waals surface area contributed by atoms with Gasteiger partial charge in [0, 0.05) is 29.2 Å². The molecule has 1 aliphatic carbocycles. The fraction of sp³-hybridized carbons (Fsp3) is 0.300. The van der Waals surface area contributed by atoms with Gasteiger partial charge in [0.2, 0.25) is 5.78 Å². The number of hydrogen-bond acceptors (Lipinski definition) is 5. The normalized spacial score (nSPS) is 20.9. The Morgan fingerprint density at radius 3 is 2.35 bits per heavy atom. The molecule has 6 rings (SSSR count). The van der Waals surface area contributed by atoms with Crippen molar-refractivity contribution in [1.29, 1.82) is 0 Å². The molecule has 1 fully saturated rings. The zero-order valence-electron chi connectivity index (χ0n) is 20.4. The van der Waals surface area contributed by atoms with E-state index in [0.717, 1.165) is 29.7 Å². The number of ether oxygens (including phenoxy) is 1. The number of rotatable bonds is 5. The molecule has 0 saturated heterocycles. The first-order chi connectivity index (χ1) is 18.1. The highest BCUT2D eigenvalue weighted by Crippen LogP contribution is 2.43. The fourth-order valence-corrected chi connectivity index (χ4v) is 5.47. The second-order valence-corrected chi connectivity index (χ2v) is 9.91.